The average molecular weight is 861 g/mol. The molecule has 2 amide bonds. The molecule has 0 aliphatic carbocycles. The van der Waals surface area contributed by atoms with Crippen molar-refractivity contribution in [3.63, 3.8) is 0 Å². The van der Waals surface area contributed by atoms with Gasteiger partial charge in [-0.3, -0.25) is 0 Å². The monoisotopic (exact) mass is 860 g/mol. The fourth-order valence-corrected chi connectivity index (χ4v) is 5.37. The number of amides is 2. The van der Waals surface area contributed by atoms with Crippen LogP contribution < -0.4 is 29.6 Å². The van der Waals surface area contributed by atoms with Crippen LogP contribution in [0.2, 0.25) is 0 Å². The number of hydrogen-bond donors (Lipinski definition) is 2. The Morgan fingerprint density at radius 2 is 0.968 bits per heavy atom. The summed E-state index contributed by atoms with van der Waals surface area (Å²) in [5, 5.41) is 5.54. The van der Waals surface area contributed by atoms with E-state index in [-0.39, 0.29) is 45.1 Å². The molecule has 0 bridgehead atoms. The van der Waals surface area contributed by atoms with Crippen molar-refractivity contribution in [1.29, 1.82) is 0 Å². The Kier molecular flexibility index (Phi) is 22.4. The van der Waals surface area contributed by atoms with Gasteiger partial charge in [-0.1, -0.05) is 76.4 Å². The summed E-state index contributed by atoms with van der Waals surface area (Å²) in [6.07, 6.45) is 1.14. The Balaban J connectivity index is 1.66. The van der Waals surface area contributed by atoms with Crippen LogP contribution in [0, 0.1) is 0 Å². The molecule has 0 saturated carbocycles. The van der Waals surface area contributed by atoms with Crippen LogP contribution >= 0.6 is 0 Å². The van der Waals surface area contributed by atoms with Crippen LogP contribution in [-0.2, 0) is 34.0 Å². The first-order chi connectivity index (χ1) is 29.7. The summed E-state index contributed by atoms with van der Waals surface area (Å²) in [6, 6.07) is 23.9. The molecule has 338 valence electrons. The molecule has 14 nitrogen and oxygen atoms in total. The van der Waals surface area contributed by atoms with Crippen LogP contribution in [0.5, 0.6) is 23.0 Å². The summed E-state index contributed by atoms with van der Waals surface area (Å²) < 4.78 is 46.3. The number of ether oxygens (including phenoxy) is 8. The lowest BCUT2D eigenvalue weighted by Gasteiger charge is -2.24. The van der Waals surface area contributed by atoms with Gasteiger partial charge in [-0.15, -0.1) is 0 Å². The van der Waals surface area contributed by atoms with Crippen LogP contribution in [0.3, 0.4) is 0 Å². The van der Waals surface area contributed by atoms with Crippen molar-refractivity contribution in [2.45, 2.75) is 90.8 Å². The predicted molar refractivity (Wildman–Crippen MR) is 236 cm³/mol. The molecule has 3 aromatic rings. The van der Waals surface area contributed by atoms with Crippen molar-refractivity contribution >= 4 is 24.1 Å². The molecule has 0 aromatic heterocycles. The highest BCUT2D eigenvalue weighted by atomic mass is 16.6. The third-order valence-corrected chi connectivity index (χ3v) is 8.91. The molecule has 2 unspecified atom stereocenters. The minimum Gasteiger partial charge on any atom is -0.490 e. The molecule has 2 atom stereocenters. The third kappa shape index (κ3) is 20.9. The van der Waals surface area contributed by atoms with Gasteiger partial charge in [-0.25, -0.2) is 19.2 Å². The number of esters is 2. The van der Waals surface area contributed by atoms with Gasteiger partial charge < -0.3 is 48.5 Å². The number of para-hydroxylation sites is 2. The van der Waals surface area contributed by atoms with Crippen molar-refractivity contribution in [3.8, 4) is 23.0 Å². The summed E-state index contributed by atoms with van der Waals surface area (Å²) in [5.41, 5.74) is 1.43. The van der Waals surface area contributed by atoms with Crippen LogP contribution in [0.15, 0.2) is 103 Å². The molecule has 3 aromatic carbocycles. The second-order valence-corrected chi connectivity index (χ2v) is 15.6. The Morgan fingerprint density at radius 3 is 1.39 bits per heavy atom. The molecule has 3 rings (SSSR count). The number of alkyl carbamates (subject to hydrolysis) is 2. The number of carbonyl (C=O) groups is 4. The molecule has 0 spiro atoms. The zero-order valence-corrected chi connectivity index (χ0v) is 36.9. The Bertz CT molecular complexity index is 1850. The topological polar surface area (TPSA) is 166 Å². The summed E-state index contributed by atoms with van der Waals surface area (Å²) in [7, 11) is 0. The van der Waals surface area contributed by atoms with Gasteiger partial charge in [0.1, 0.15) is 37.9 Å². The number of benzene rings is 3. The number of unbranched alkanes of at least 4 members (excludes halogenated alkanes) is 4. The Labute approximate surface area is 366 Å². The van der Waals surface area contributed by atoms with E-state index in [1.807, 2.05) is 48.5 Å². The maximum absolute atomic E-state index is 13.0. The van der Waals surface area contributed by atoms with E-state index in [2.05, 4.69) is 44.6 Å². The van der Waals surface area contributed by atoms with Gasteiger partial charge in [0.25, 0.3) is 0 Å². The van der Waals surface area contributed by atoms with Crippen LogP contribution in [-0.4, -0.2) is 89.1 Å². The first kappa shape index (κ1) is 50.2. The van der Waals surface area contributed by atoms with Crippen molar-refractivity contribution in [1.82, 2.24) is 10.6 Å². The molecule has 0 saturated heterocycles. The largest absolute Gasteiger partial charge is 0.490 e. The van der Waals surface area contributed by atoms with Crippen molar-refractivity contribution < 1.29 is 57.1 Å². The maximum Gasteiger partial charge on any atom is 0.407 e. The second-order valence-electron chi connectivity index (χ2n) is 15.6. The molecule has 0 radical (unpaired) electrons. The summed E-state index contributed by atoms with van der Waals surface area (Å²) >= 11 is 0. The summed E-state index contributed by atoms with van der Waals surface area (Å²) in [5.74, 6) is 1.12. The van der Waals surface area contributed by atoms with E-state index in [4.69, 9.17) is 37.9 Å². The van der Waals surface area contributed by atoms with E-state index in [1.54, 1.807) is 44.2 Å². The second kappa shape index (κ2) is 27.6. The number of rotatable bonds is 28. The van der Waals surface area contributed by atoms with Gasteiger partial charge in [-0.2, -0.15) is 0 Å². The van der Waals surface area contributed by atoms with Crippen LogP contribution in [0.25, 0.3) is 0 Å². The first-order valence-corrected chi connectivity index (χ1v) is 21.0. The molecule has 2 N–H and O–H groups in total. The van der Waals surface area contributed by atoms with Crippen molar-refractivity contribution in [2.75, 3.05) is 52.7 Å². The first-order valence-electron chi connectivity index (χ1n) is 21.0. The van der Waals surface area contributed by atoms with Crippen LogP contribution in [0.4, 0.5) is 9.59 Å². The van der Waals surface area contributed by atoms with Gasteiger partial charge >= 0.3 is 24.1 Å². The van der Waals surface area contributed by atoms with Gasteiger partial charge in [0.2, 0.25) is 0 Å². The SMILES string of the molecule is C=C(C)C(=O)OCCCCCNC(=O)OC(COc1ccccc1)COc1ccc(C(C)(C)C)cc1OCC(COc1ccccc1)OC(=O)NCCCCCOC(=O)C(=C)C. The van der Waals surface area contributed by atoms with E-state index < -0.39 is 36.3 Å². The summed E-state index contributed by atoms with van der Waals surface area (Å²) in [6.45, 7) is 17.7. The molecular formula is C48H64N2O12. The zero-order chi connectivity index (χ0) is 45.2. The van der Waals surface area contributed by atoms with E-state index in [0.29, 0.717) is 72.9 Å². The lowest BCUT2D eigenvalue weighted by Crippen LogP contribution is -2.36. The van der Waals surface area contributed by atoms with Crippen LogP contribution in [0.1, 0.15) is 78.7 Å². The van der Waals surface area contributed by atoms with E-state index in [1.165, 1.54) is 0 Å². The van der Waals surface area contributed by atoms with Crippen molar-refractivity contribution in [2.24, 2.45) is 0 Å². The van der Waals surface area contributed by atoms with E-state index in [9.17, 15) is 19.2 Å². The molecule has 0 fully saturated rings. The number of carbonyl (C=O) groups excluding carboxylic acids is 4. The molecule has 62 heavy (non-hydrogen) atoms. The number of hydrogen-bond acceptors (Lipinski definition) is 12. The van der Waals surface area contributed by atoms with Gasteiger partial charge in [-0.05, 0) is 99.7 Å². The Hall–Kier alpha value is -6.18. The predicted octanol–water partition coefficient (Wildman–Crippen LogP) is 8.67. The smallest absolute Gasteiger partial charge is 0.407 e. The standard InChI is InChI=1S/C48H64N2O12/c1-35(2)44(51)55-28-18-10-16-26-49-46(53)61-40(31-57-38-20-12-8-13-21-38)33-59-42-25-24-37(48(5,6)7)30-43(42)60-34-41(32-58-39-22-14-9-15-23-39)62-47(54)50-27-17-11-19-29-56-45(52)36(3)4/h8-9,12-15,20-25,30,40-41H,1,3,10-11,16-19,26-29,31-34H2,2,4-7H3,(H,49,53)(H,50,54). The highest BCUT2D eigenvalue weighted by Crippen LogP contribution is 2.34. The minimum absolute atomic E-state index is 0.00494. The third-order valence-electron chi connectivity index (χ3n) is 8.91. The number of nitrogens with one attached hydrogen (secondary N) is 2. The molecule has 0 aliphatic rings. The summed E-state index contributed by atoms with van der Waals surface area (Å²) in [4.78, 5) is 49.0. The molecule has 0 aliphatic heterocycles. The Morgan fingerprint density at radius 1 is 0.548 bits per heavy atom. The van der Waals surface area contributed by atoms with E-state index >= 15 is 0 Å². The maximum atomic E-state index is 13.0. The average Bonchev–Trinajstić information content (AvgIpc) is 3.25. The molecule has 14 heteroatoms. The van der Waals surface area contributed by atoms with E-state index in [0.717, 1.165) is 18.4 Å². The van der Waals surface area contributed by atoms with Gasteiger partial charge in [0.05, 0.1) is 13.2 Å². The molecule has 0 heterocycles. The quantitative estimate of drug-likeness (QED) is 0.0309. The zero-order valence-electron chi connectivity index (χ0n) is 36.9. The highest BCUT2D eigenvalue weighted by Gasteiger charge is 2.23. The van der Waals surface area contributed by atoms with Gasteiger partial charge in [0, 0.05) is 24.2 Å². The minimum atomic E-state index is -0.826. The fraction of sp³-hybridized carbons (Fsp3) is 0.458. The lowest BCUT2D eigenvalue weighted by molar-refractivity contribution is -0.139. The highest BCUT2D eigenvalue weighted by molar-refractivity contribution is 5.87. The normalized spacial score (nSPS) is 11.8. The lowest BCUT2D eigenvalue weighted by atomic mass is 9.87. The molecular weight excluding hydrogens is 797 g/mol. The fourth-order valence-electron chi connectivity index (χ4n) is 5.37. The van der Waals surface area contributed by atoms with Gasteiger partial charge in [0.15, 0.2) is 23.7 Å². The van der Waals surface area contributed by atoms with Crippen molar-refractivity contribution in [3.05, 3.63) is 109 Å².